The molecule has 0 aliphatic heterocycles. The summed E-state index contributed by atoms with van der Waals surface area (Å²) in [4.78, 5) is 0. The molecule has 0 atom stereocenters. The van der Waals surface area contributed by atoms with Crippen LogP contribution in [0.15, 0.2) is 54.6 Å². The van der Waals surface area contributed by atoms with Crippen LogP contribution in [-0.2, 0) is 6.54 Å². The van der Waals surface area contributed by atoms with Crippen molar-refractivity contribution in [1.29, 1.82) is 0 Å². The van der Waals surface area contributed by atoms with E-state index < -0.39 is 0 Å². The summed E-state index contributed by atoms with van der Waals surface area (Å²) in [6, 6.07) is 17.5. The van der Waals surface area contributed by atoms with Gasteiger partial charge >= 0.3 is 0 Å². The maximum Gasteiger partial charge on any atom is 0.164 e. The molecule has 0 saturated heterocycles. The first-order valence-electron chi connectivity index (χ1n) is 8.17. The van der Waals surface area contributed by atoms with E-state index in [1.54, 1.807) is 27.4 Å². The molecule has 26 heavy (non-hydrogen) atoms. The average molecular weight is 351 g/mol. The molecule has 0 radical (unpaired) electrons. The number of aromatic nitrogens is 2. The van der Waals surface area contributed by atoms with Crippen molar-refractivity contribution in [3.63, 3.8) is 0 Å². The first kappa shape index (κ1) is 17.5. The minimum atomic E-state index is 0.517. The Bertz CT molecular complexity index is 852. The highest BCUT2D eigenvalue weighted by atomic mass is 16.5. The molecular formula is C20H21N3O3. The number of benzene rings is 2. The molecule has 3 aromatic rings. The van der Waals surface area contributed by atoms with Gasteiger partial charge in [0.2, 0.25) is 0 Å². The number of methoxy groups -OCH3 is 3. The number of nitrogens with one attached hydrogen (secondary N) is 1. The smallest absolute Gasteiger partial charge is 0.164 e. The molecule has 0 bridgehead atoms. The van der Waals surface area contributed by atoms with E-state index in [4.69, 9.17) is 14.2 Å². The Morgan fingerprint density at radius 1 is 0.769 bits per heavy atom. The van der Waals surface area contributed by atoms with Crippen molar-refractivity contribution < 1.29 is 14.2 Å². The normalized spacial score (nSPS) is 10.3. The summed E-state index contributed by atoms with van der Waals surface area (Å²) in [5.41, 5.74) is 2.80. The van der Waals surface area contributed by atoms with Crippen LogP contribution >= 0.6 is 0 Å². The van der Waals surface area contributed by atoms with Crippen molar-refractivity contribution in [2.75, 3.05) is 26.6 Å². The third-order valence-electron chi connectivity index (χ3n) is 3.98. The monoisotopic (exact) mass is 351 g/mol. The van der Waals surface area contributed by atoms with Gasteiger partial charge in [0.1, 0.15) is 11.6 Å². The van der Waals surface area contributed by atoms with Gasteiger partial charge in [0, 0.05) is 23.7 Å². The van der Waals surface area contributed by atoms with Gasteiger partial charge in [0.15, 0.2) is 11.5 Å². The van der Waals surface area contributed by atoms with Gasteiger partial charge in [-0.2, -0.15) is 0 Å². The lowest BCUT2D eigenvalue weighted by Gasteiger charge is -2.14. The Morgan fingerprint density at radius 2 is 1.46 bits per heavy atom. The highest BCUT2D eigenvalue weighted by molar-refractivity contribution is 5.59. The van der Waals surface area contributed by atoms with Crippen LogP contribution in [0.1, 0.15) is 5.56 Å². The fraction of sp³-hybridized carbons (Fsp3) is 0.200. The predicted octanol–water partition coefficient (Wildman–Crippen LogP) is 3.78. The van der Waals surface area contributed by atoms with E-state index >= 15 is 0 Å². The van der Waals surface area contributed by atoms with Crippen LogP contribution in [0.3, 0.4) is 0 Å². The van der Waals surface area contributed by atoms with Gasteiger partial charge in [-0.25, -0.2) is 0 Å². The summed E-state index contributed by atoms with van der Waals surface area (Å²) in [6.07, 6.45) is 0. The van der Waals surface area contributed by atoms with E-state index in [-0.39, 0.29) is 0 Å². The Kier molecular flexibility index (Phi) is 5.53. The maximum absolute atomic E-state index is 5.44. The van der Waals surface area contributed by atoms with Gasteiger partial charge in [-0.3, -0.25) is 0 Å². The van der Waals surface area contributed by atoms with Crippen LogP contribution in [-0.4, -0.2) is 31.5 Å². The maximum atomic E-state index is 5.44. The van der Waals surface area contributed by atoms with Gasteiger partial charge in [0.05, 0.1) is 27.0 Å². The second kappa shape index (κ2) is 8.20. The lowest BCUT2D eigenvalue weighted by atomic mass is 10.1. The van der Waals surface area contributed by atoms with E-state index in [2.05, 4.69) is 15.5 Å². The first-order chi connectivity index (χ1) is 12.7. The molecule has 0 saturated carbocycles. The Labute approximate surface area is 152 Å². The first-order valence-corrected chi connectivity index (χ1v) is 8.17. The number of ether oxygens (including phenoxy) is 3. The third kappa shape index (κ3) is 3.85. The van der Waals surface area contributed by atoms with Crippen molar-refractivity contribution in [3.05, 3.63) is 60.2 Å². The van der Waals surface area contributed by atoms with Crippen molar-refractivity contribution in [2.24, 2.45) is 0 Å². The molecule has 3 rings (SSSR count). The minimum Gasteiger partial charge on any atom is -0.496 e. The molecule has 6 nitrogen and oxygen atoms in total. The van der Waals surface area contributed by atoms with Gasteiger partial charge in [0.25, 0.3) is 0 Å². The molecule has 0 amide bonds. The minimum absolute atomic E-state index is 0.517. The van der Waals surface area contributed by atoms with Crippen molar-refractivity contribution >= 4 is 5.82 Å². The Morgan fingerprint density at radius 3 is 2.08 bits per heavy atom. The predicted molar refractivity (Wildman–Crippen MR) is 101 cm³/mol. The van der Waals surface area contributed by atoms with E-state index in [0.29, 0.717) is 29.6 Å². The highest BCUT2D eigenvalue weighted by Crippen LogP contribution is 2.34. The summed E-state index contributed by atoms with van der Waals surface area (Å²) < 4.78 is 16.1. The summed E-state index contributed by atoms with van der Waals surface area (Å²) in [7, 11) is 4.83. The lowest BCUT2D eigenvalue weighted by Crippen LogP contribution is -2.05. The summed E-state index contributed by atoms with van der Waals surface area (Å²) in [5.74, 6) is 2.67. The van der Waals surface area contributed by atoms with Crippen molar-refractivity contribution in [3.8, 4) is 28.5 Å². The Hall–Kier alpha value is -3.28. The van der Waals surface area contributed by atoms with Crippen LogP contribution in [0.25, 0.3) is 11.3 Å². The van der Waals surface area contributed by atoms with Crippen molar-refractivity contribution in [1.82, 2.24) is 10.2 Å². The molecule has 0 aliphatic carbocycles. The van der Waals surface area contributed by atoms with E-state index in [0.717, 1.165) is 16.8 Å². The SMILES string of the molecule is COc1cc(OC)c(OC)cc1CNc1ccc(-c2ccccc2)nn1. The van der Waals surface area contributed by atoms with Crippen LogP contribution in [0.5, 0.6) is 17.2 Å². The van der Waals surface area contributed by atoms with E-state index in [1.807, 2.05) is 48.5 Å². The van der Waals surface area contributed by atoms with Crippen LogP contribution < -0.4 is 19.5 Å². The summed E-state index contributed by atoms with van der Waals surface area (Å²) in [5, 5.41) is 11.8. The zero-order valence-corrected chi connectivity index (χ0v) is 15.0. The molecule has 0 aliphatic rings. The molecule has 0 spiro atoms. The zero-order chi connectivity index (χ0) is 18.4. The molecule has 1 N–H and O–H groups in total. The summed E-state index contributed by atoms with van der Waals surface area (Å²) >= 11 is 0. The zero-order valence-electron chi connectivity index (χ0n) is 15.0. The second-order valence-corrected chi connectivity index (χ2v) is 5.54. The molecule has 1 aromatic heterocycles. The second-order valence-electron chi connectivity index (χ2n) is 5.54. The molecule has 0 unspecified atom stereocenters. The molecular weight excluding hydrogens is 330 g/mol. The van der Waals surface area contributed by atoms with Gasteiger partial charge < -0.3 is 19.5 Å². The fourth-order valence-corrected chi connectivity index (χ4v) is 2.61. The number of hydrogen-bond acceptors (Lipinski definition) is 6. The van der Waals surface area contributed by atoms with Gasteiger partial charge in [-0.05, 0) is 18.2 Å². The number of rotatable bonds is 7. The molecule has 1 heterocycles. The number of nitrogens with zero attached hydrogens (tertiary/aromatic N) is 2. The van der Waals surface area contributed by atoms with Crippen LogP contribution in [0.4, 0.5) is 5.82 Å². The number of hydrogen-bond donors (Lipinski definition) is 1. The fourth-order valence-electron chi connectivity index (χ4n) is 2.61. The van der Waals surface area contributed by atoms with Crippen molar-refractivity contribution in [2.45, 2.75) is 6.54 Å². The van der Waals surface area contributed by atoms with Gasteiger partial charge in [-0.15, -0.1) is 10.2 Å². The number of anilines is 1. The lowest BCUT2D eigenvalue weighted by molar-refractivity contribution is 0.347. The van der Waals surface area contributed by atoms with Gasteiger partial charge in [-0.1, -0.05) is 30.3 Å². The highest BCUT2D eigenvalue weighted by Gasteiger charge is 2.12. The summed E-state index contributed by atoms with van der Waals surface area (Å²) in [6.45, 7) is 0.517. The molecule has 2 aromatic carbocycles. The van der Waals surface area contributed by atoms with Crippen LogP contribution in [0.2, 0.25) is 0 Å². The molecule has 134 valence electrons. The topological polar surface area (TPSA) is 65.5 Å². The third-order valence-corrected chi connectivity index (χ3v) is 3.98. The standard InChI is InChI=1S/C20H21N3O3/c1-24-17-12-19(26-3)18(25-2)11-15(17)13-21-20-10-9-16(22-23-20)14-7-5-4-6-8-14/h4-12H,13H2,1-3H3,(H,21,23). The van der Waals surface area contributed by atoms with E-state index in [9.17, 15) is 0 Å². The molecule has 0 fully saturated rings. The van der Waals surface area contributed by atoms with E-state index in [1.165, 1.54) is 0 Å². The Balaban J connectivity index is 1.74. The van der Waals surface area contributed by atoms with Crippen LogP contribution in [0, 0.1) is 0 Å². The largest absolute Gasteiger partial charge is 0.496 e. The quantitative estimate of drug-likeness (QED) is 0.699. The molecule has 6 heteroatoms. The average Bonchev–Trinajstić information content (AvgIpc) is 2.72.